The van der Waals surface area contributed by atoms with Gasteiger partial charge in [-0.25, -0.2) is 0 Å². The first kappa shape index (κ1) is 10.2. The molecule has 0 spiro atoms. The van der Waals surface area contributed by atoms with Crippen LogP contribution in [0.2, 0.25) is 0 Å². The predicted octanol–water partition coefficient (Wildman–Crippen LogP) is 3.21. The van der Waals surface area contributed by atoms with Gasteiger partial charge in [0, 0.05) is 16.3 Å². The first-order chi connectivity index (χ1) is 7.18. The fourth-order valence-corrected chi connectivity index (χ4v) is 2.14. The summed E-state index contributed by atoms with van der Waals surface area (Å²) < 4.78 is 6.28. The third-order valence-electron chi connectivity index (χ3n) is 2.23. The van der Waals surface area contributed by atoms with Gasteiger partial charge in [-0.15, -0.1) is 0 Å². The Morgan fingerprint density at radius 3 is 3.00 bits per heavy atom. The van der Waals surface area contributed by atoms with E-state index in [-0.39, 0.29) is 6.42 Å². The molecule has 1 aromatic carbocycles. The van der Waals surface area contributed by atoms with Crippen LogP contribution in [0.4, 0.5) is 0 Å². The summed E-state index contributed by atoms with van der Waals surface area (Å²) in [5.74, 6) is -0.795. The number of halogens is 1. The first-order valence-electron chi connectivity index (χ1n) is 4.55. The van der Waals surface area contributed by atoms with Gasteiger partial charge >= 0.3 is 5.97 Å². The minimum atomic E-state index is -0.795. The highest BCUT2D eigenvalue weighted by molar-refractivity contribution is 9.10. The predicted molar refractivity (Wildman–Crippen MR) is 59.9 cm³/mol. The van der Waals surface area contributed by atoms with Gasteiger partial charge in [0.05, 0.1) is 6.26 Å². The molecule has 0 atom stereocenters. The first-order valence-corrected chi connectivity index (χ1v) is 5.34. The molecule has 0 unspecified atom stereocenters. The van der Waals surface area contributed by atoms with Gasteiger partial charge < -0.3 is 9.52 Å². The Hall–Kier alpha value is -1.29. The number of benzene rings is 1. The fourth-order valence-electron chi connectivity index (χ4n) is 1.53. The van der Waals surface area contributed by atoms with Crippen molar-refractivity contribution in [1.29, 1.82) is 0 Å². The van der Waals surface area contributed by atoms with Crippen molar-refractivity contribution in [3.8, 4) is 0 Å². The molecule has 4 heteroatoms. The monoisotopic (exact) mass is 268 g/mol. The summed E-state index contributed by atoms with van der Waals surface area (Å²) in [6, 6.07) is 5.67. The summed E-state index contributed by atoms with van der Waals surface area (Å²) in [7, 11) is 0. The molecule has 15 heavy (non-hydrogen) atoms. The van der Waals surface area contributed by atoms with Crippen LogP contribution in [0.1, 0.15) is 12.0 Å². The van der Waals surface area contributed by atoms with Crippen molar-refractivity contribution < 1.29 is 14.3 Å². The Labute approximate surface area is 94.8 Å². The molecule has 3 nitrogen and oxygen atoms in total. The van der Waals surface area contributed by atoms with E-state index in [0.29, 0.717) is 6.42 Å². The Kier molecular flexibility index (Phi) is 2.77. The second-order valence-electron chi connectivity index (χ2n) is 3.27. The average Bonchev–Trinajstić information content (AvgIpc) is 2.59. The van der Waals surface area contributed by atoms with Gasteiger partial charge in [0.15, 0.2) is 0 Å². The Morgan fingerprint density at radius 2 is 2.27 bits per heavy atom. The molecule has 1 heterocycles. The van der Waals surface area contributed by atoms with Gasteiger partial charge in [0.25, 0.3) is 0 Å². The summed E-state index contributed by atoms with van der Waals surface area (Å²) in [4.78, 5) is 10.5. The lowest BCUT2D eigenvalue weighted by Gasteiger charge is -1.97. The lowest BCUT2D eigenvalue weighted by atomic mass is 10.1. The van der Waals surface area contributed by atoms with Gasteiger partial charge in [-0.05, 0) is 24.1 Å². The van der Waals surface area contributed by atoms with Gasteiger partial charge in [-0.3, -0.25) is 4.79 Å². The molecule has 1 N–H and O–H groups in total. The van der Waals surface area contributed by atoms with Crippen molar-refractivity contribution in [2.45, 2.75) is 12.8 Å². The van der Waals surface area contributed by atoms with E-state index in [1.165, 1.54) is 0 Å². The minimum absolute atomic E-state index is 0.121. The summed E-state index contributed by atoms with van der Waals surface area (Å²) >= 11 is 3.43. The quantitative estimate of drug-likeness (QED) is 0.930. The number of furan rings is 1. The Morgan fingerprint density at radius 1 is 1.47 bits per heavy atom. The molecule has 0 fully saturated rings. The molecule has 0 radical (unpaired) electrons. The molecule has 2 rings (SSSR count). The van der Waals surface area contributed by atoms with Gasteiger partial charge in [0.2, 0.25) is 0 Å². The van der Waals surface area contributed by atoms with Crippen LogP contribution in [0.25, 0.3) is 11.0 Å². The number of hydrogen-bond donors (Lipinski definition) is 1. The topological polar surface area (TPSA) is 50.4 Å². The lowest BCUT2D eigenvalue weighted by molar-refractivity contribution is -0.136. The molecule has 2 aromatic rings. The lowest BCUT2D eigenvalue weighted by Crippen LogP contribution is -1.96. The second-order valence-corrected chi connectivity index (χ2v) is 4.12. The highest BCUT2D eigenvalue weighted by Gasteiger charge is 2.09. The van der Waals surface area contributed by atoms with E-state index >= 15 is 0 Å². The maximum atomic E-state index is 10.5. The number of fused-ring (bicyclic) bond motifs is 1. The number of aryl methyl sites for hydroxylation is 1. The van der Waals surface area contributed by atoms with Crippen molar-refractivity contribution in [1.82, 2.24) is 0 Å². The van der Waals surface area contributed by atoms with E-state index in [0.717, 1.165) is 21.0 Å². The average molecular weight is 269 g/mol. The van der Waals surface area contributed by atoms with E-state index in [4.69, 9.17) is 9.52 Å². The molecule has 0 aliphatic rings. The van der Waals surface area contributed by atoms with Crippen LogP contribution in [0.5, 0.6) is 0 Å². The van der Waals surface area contributed by atoms with Crippen LogP contribution < -0.4 is 0 Å². The third-order valence-corrected chi connectivity index (χ3v) is 2.89. The maximum absolute atomic E-state index is 10.5. The number of hydrogen-bond acceptors (Lipinski definition) is 2. The van der Waals surface area contributed by atoms with E-state index < -0.39 is 5.97 Å². The zero-order valence-electron chi connectivity index (χ0n) is 7.87. The zero-order valence-corrected chi connectivity index (χ0v) is 9.45. The number of carboxylic acids is 1. The van der Waals surface area contributed by atoms with Crippen LogP contribution in [0, 0.1) is 0 Å². The molecule has 0 amide bonds. The highest BCUT2D eigenvalue weighted by atomic mass is 79.9. The number of rotatable bonds is 3. The molecule has 0 bridgehead atoms. The summed E-state index contributed by atoms with van der Waals surface area (Å²) in [5.41, 5.74) is 1.71. The van der Waals surface area contributed by atoms with Crippen LogP contribution in [-0.2, 0) is 11.2 Å². The highest BCUT2D eigenvalue weighted by Crippen LogP contribution is 2.29. The van der Waals surface area contributed by atoms with Crippen molar-refractivity contribution in [3.05, 3.63) is 34.5 Å². The molecule has 0 aliphatic carbocycles. The standard InChI is InChI=1S/C11H9BrO3/c12-8-2-1-3-9-11(8)7(6-15-9)4-5-10(13)14/h1-3,6H,4-5H2,(H,13,14). The van der Waals surface area contributed by atoms with Gasteiger partial charge in [-0.1, -0.05) is 22.0 Å². The summed E-state index contributed by atoms with van der Waals surface area (Å²) in [6.07, 6.45) is 2.24. The summed E-state index contributed by atoms with van der Waals surface area (Å²) in [6.45, 7) is 0. The van der Waals surface area contributed by atoms with Crippen molar-refractivity contribution >= 4 is 32.9 Å². The third kappa shape index (κ3) is 2.04. The van der Waals surface area contributed by atoms with E-state index in [1.54, 1.807) is 6.26 Å². The molecule has 1 aromatic heterocycles. The number of carboxylic acid groups (broad SMARTS) is 1. The van der Waals surface area contributed by atoms with Crippen LogP contribution >= 0.6 is 15.9 Å². The van der Waals surface area contributed by atoms with E-state index in [2.05, 4.69) is 15.9 Å². The van der Waals surface area contributed by atoms with E-state index in [9.17, 15) is 4.79 Å². The van der Waals surface area contributed by atoms with Crippen molar-refractivity contribution in [2.24, 2.45) is 0 Å². The van der Waals surface area contributed by atoms with Crippen molar-refractivity contribution in [3.63, 3.8) is 0 Å². The van der Waals surface area contributed by atoms with E-state index in [1.807, 2.05) is 18.2 Å². The Balaban J connectivity index is 2.39. The van der Waals surface area contributed by atoms with Crippen molar-refractivity contribution in [2.75, 3.05) is 0 Å². The molecule has 0 saturated carbocycles. The fraction of sp³-hybridized carbons (Fsp3) is 0.182. The largest absolute Gasteiger partial charge is 0.481 e. The molecular weight excluding hydrogens is 260 g/mol. The molecule has 0 saturated heterocycles. The minimum Gasteiger partial charge on any atom is -0.481 e. The molecule has 0 aliphatic heterocycles. The summed E-state index contributed by atoms with van der Waals surface area (Å²) in [5, 5.41) is 9.58. The Bertz CT molecular complexity index is 502. The molecular formula is C11H9BrO3. The van der Waals surface area contributed by atoms with Crippen LogP contribution in [0.15, 0.2) is 33.4 Å². The van der Waals surface area contributed by atoms with Crippen LogP contribution in [0.3, 0.4) is 0 Å². The zero-order chi connectivity index (χ0) is 10.8. The maximum Gasteiger partial charge on any atom is 0.303 e. The number of aliphatic carboxylic acids is 1. The normalized spacial score (nSPS) is 10.7. The SMILES string of the molecule is O=C(O)CCc1coc2cccc(Br)c12. The van der Waals surface area contributed by atoms with Crippen LogP contribution in [-0.4, -0.2) is 11.1 Å². The van der Waals surface area contributed by atoms with Gasteiger partial charge in [0.1, 0.15) is 5.58 Å². The second kappa shape index (κ2) is 4.06. The number of carbonyl (C=O) groups is 1. The van der Waals surface area contributed by atoms with Gasteiger partial charge in [-0.2, -0.15) is 0 Å². The smallest absolute Gasteiger partial charge is 0.303 e. The molecule has 78 valence electrons.